The Kier molecular flexibility index (Phi) is 5.80. The zero-order valence-electron chi connectivity index (χ0n) is 12.4. The largest absolute Gasteiger partial charge is 0.494 e. The van der Waals surface area contributed by atoms with Gasteiger partial charge in [0.25, 0.3) is 0 Å². The molecule has 2 rings (SSSR count). The summed E-state index contributed by atoms with van der Waals surface area (Å²) in [5.74, 6) is 0.244. The van der Waals surface area contributed by atoms with Crippen LogP contribution in [0.25, 0.3) is 0 Å². The molecule has 0 aliphatic carbocycles. The summed E-state index contributed by atoms with van der Waals surface area (Å²) in [5.41, 5.74) is 2.48. The minimum atomic E-state index is -0.958. The standard InChI is InChI=1S/C16H17ClFNO2S/c1-21-16-6-3-11(7-15(16)18)9-19-13-4-5-14(17)12(8-13)10-22(2)20/h3-8,19H,9-10H2,1-2H3. The molecule has 3 nitrogen and oxygen atoms in total. The number of halogens is 2. The maximum atomic E-state index is 13.6. The molecular weight excluding hydrogens is 325 g/mol. The lowest BCUT2D eigenvalue weighted by molar-refractivity contribution is 0.386. The summed E-state index contributed by atoms with van der Waals surface area (Å²) < 4.78 is 29.9. The van der Waals surface area contributed by atoms with Crippen LogP contribution in [0.1, 0.15) is 11.1 Å². The topological polar surface area (TPSA) is 38.3 Å². The van der Waals surface area contributed by atoms with E-state index in [0.29, 0.717) is 17.3 Å². The summed E-state index contributed by atoms with van der Waals surface area (Å²) in [4.78, 5) is 0. The first-order chi connectivity index (χ1) is 10.5. The average molecular weight is 342 g/mol. The van der Waals surface area contributed by atoms with Gasteiger partial charge in [0.1, 0.15) is 0 Å². The summed E-state index contributed by atoms with van der Waals surface area (Å²) >= 11 is 6.09. The van der Waals surface area contributed by atoms with Gasteiger partial charge in [0.05, 0.1) is 7.11 Å². The normalized spacial score (nSPS) is 12.0. The fraction of sp³-hybridized carbons (Fsp3) is 0.250. The SMILES string of the molecule is COc1ccc(CNc2ccc(Cl)c(CS(C)=O)c2)cc1F. The van der Waals surface area contributed by atoms with Crippen LogP contribution < -0.4 is 10.1 Å². The van der Waals surface area contributed by atoms with Crippen molar-refractivity contribution < 1.29 is 13.3 Å². The highest BCUT2D eigenvalue weighted by Gasteiger charge is 2.06. The fourth-order valence-electron chi connectivity index (χ4n) is 2.04. The number of benzene rings is 2. The van der Waals surface area contributed by atoms with Gasteiger partial charge in [0, 0.05) is 40.1 Å². The molecule has 0 radical (unpaired) electrons. The number of ether oxygens (including phenoxy) is 1. The van der Waals surface area contributed by atoms with Gasteiger partial charge in [-0.2, -0.15) is 0 Å². The van der Waals surface area contributed by atoms with Crippen LogP contribution in [0.15, 0.2) is 36.4 Å². The van der Waals surface area contributed by atoms with Gasteiger partial charge in [-0.25, -0.2) is 4.39 Å². The van der Waals surface area contributed by atoms with Crippen LogP contribution in [0.3, 0.4) is 0 Å². The van der Waals surface area contributed by atoms with E-state index < -0.39 is 10.8 Å². The molecule has 0 amide bonds. The highest BCUT2D eigenvalue weighted by Crippen LogP contribution is 2.23. The molecule has 22 heavy (non-hydrogen) atoms. The van der Waals surface area contributed by atoms with Crippen LogP contribution in [0.4, 0.5) is 10.1 Å². The van der Waals surface area contributed by atoms with Crippen molar-refractivity contribution in [2.75, 3.05) is 18.7 Å². The number of anilines is 1. The average Bonchev–Trinajstić information content (AvgIpc) is 2.47. The summed E-state index contributed by atoms with van der Waals surface area (Å²) in [5, 5.41) is 3.80. The van der Waals surface area contributed by atoms with Gasteiger partial charge in [-0.05, 0) is 41.5 Å². The molecule has 2 aromatic rings. The van der Waals surface area contributed by atoms with Crippen molar-refractivity contribution in [1.29, 1.82) is 0 Å². The predicted octanol–water partition coefficient (Wildman–Crippen LogP) is 3.98. The lowest BCUT2D eigenvalue weighted by atomic mass is 10.2. The summed E-state index contributed by atoms with van der Waals surface area (Å²) in [6, 6.07) is 10.3. The van der Waals surface area contributed by atoms with Crippen molar-refractivity contribution in [1.82, 2.24) is 0 Å². The van der Waals surface area contributed by atoms with E-state index in [1.54, 1.807) is 24.5 Å². The maximum absolute atomic E-state index is 13.6. The Morgan fingerprint density at radius 2 is 2.05 bits per heavy atom. The molecule has 0 saturated carbocycles. The van der Waals surface area contributed by atoms with E-state index in [1.807, 2.05) is 12.1 Å². The molecule has 0 saturated heterocycles. The zero-order valence-corrected chi connectivity index (χ0v) is 13.9. The van der Waals surface area contributed by atoms with Crippen LogP contribution >= 0.6 is 11.6 Å². The van der Waals surface area contributed by atoms with Crippen LogP contribution in [0.2, 0.25) is 5.02 Å². The second-order valence-corrected chi connectivity index (χ2v) is 6.69. The van der Waals surface area contributed by atoms with E-state index in [-0.39, 0.29) is 11.6 Å². The minimum Gasteiger partial charge on any atom is -0.494 e. The van der Waals surface area contributed by atoms with Crippen molar-refractivity contribution in [2.45, 2.75) is 12.3 Å². The molecule has 0 heterocycles. The molecule has 2 aromatic carbocycles. The van der Waals surface area contributed by atoms with E-state index >= 15 is 0 Å². The van der Waals surface area contributed by atoms with E-state index in [4.69, 9.17) is 16.3 Å². The maximum Gasteiger partial charge on any atom is 0.165 e. The molecule has 0 spiro atoms. The molecule has 1 unspecified atom stereocenters. The molecule has 0 aliphatic rings. The Labute approximate surface area is 136 Å². The molecule has 0 bridgehead atoms. The van der Waals surface area contributed by atoms with Gasteiger partial charge in [0.2, 0.25) is 0 Å². The fourth-order valence-corrected chi connectivity index (χ4v) is 2.98. The van der Waals surface area contributed by atoms with E-state index in [9.17, 15) is 8.60 Å². The lowest BCUT2D eigenvalue weighted by Gasteiger charge is -2.10. The highest BCUT2D eigenvalue weighted by atomic mass is 35.5. The quantitative estimate of drug-likeness (QED) is 0.863. The van der Waals surface area contributed by atoms with E-state index in [2.05, 4.69) is 5.32 Å². The van der Waals surface area contributed by atoms with Crippen molar-refractivity contribution in [2.24, 2.45) is 0 Å². The minimum absolute atomic E-state index is 0.225. The summed E-state index contributed by atoms with van der Waals surface area (Å²) in [7, 11) is 0.476. The van der Waals surface area contributed by atoms with Crippen LogP contribution in [0, 0.1) is 5.82 Å². The summed E-state index contributed by atoms with van der Waals surface area (Å²) in [6.07, 6.45) is 1.64. The predicted molar refractivity (Wildman–Crippen MR) is 89.5 cm³/mol. The number of nitrogens with one attached hydrogen (secondary N) is 1. The first-order valence-electron chi connectivity index (χ1n) is 6.64. The number of methoxy groups -OCH3 is 1. The molecule has 1 atom stereocenters. The van der Waals surface area contributed by atoms with Gasteiger partial charge in [-0.3, -0.25) is 4.21 Å². The second kappa shape index (κ2) is 7.61. The number of hydrogen-bond donors (Lipinski definition) is 1. The van der Waals surface area contributed by atoms with Gasteiger partial charge in [-0.15, -0.1) is 0 Å². The van der Waals surface area contributed by atoms with Crippen molar-refractivity contribution in [3.8, 4) is 5.75 Å². The van der Waals surface area contributed by atoms with E-state index in [1.165, 1.54) is 13.2 Å². The number of rotatable bonds is 6. The van der Waals surface area contributed by atoms with Gasteiger partial charge < -0.3 is 10.1 Å². The molecule has 1 N–H and O–H groups in total. The van der Waals surface area contributed by atoms with Crippen LogP contribution in [-0.2, 0) is 23.1 Å². The Bertz CT molecular complexity index is 694. The van der Waals surface area contributed by atoms with E-state index in [0.717, 1.165) is 16.8 Å². The third-order valence-corrected chi connectivity index (χ3v) is 4.20. The lowest BCUT2D eigenvalue weighted by Crippen LogP contribution is -2.02. The molecule has 118 valence electrons. The molecule has 0 aliphatic heterocycles. The zero-order chi connectivity index (χ0) is 16.1. The molecule has 0 aromatic heterocycles. The number of hydrogen-bond acceptors (Lipinski definition) is 3. The highest BCUT2D eigenvalue weighted by molar-refractivity contribution is 7.83. The molecule has 6 heteroatoms. The Balaban J connectivity index is 2.08. The van der Waals surface area contributed by atoms with Crippen LogP contribution in [0.5, 0.6) is 5.75 Å². The molecular formula is C16H17ClFNO2S. The summed E-state index contributed by atoms with van der Waals surface area (Å²) in [6.45, 7) is 0.469. The second-order valence-electron chi connectivity index (χ2n) is 4.85. The first kappa shape index (κ1) is 16.8. The Hall–Kier alpha value is -1.59. The third kappa shape index (κ3) is 4.45. The van der Waals surface area contributed by atoms with Gasteiger partial charge >= 0.3 is 0 Å². The Morgan fingerprint density at radius 3 is 2.68 bits per heavy atom. The first-order valence-corrected chi connectivity index (χ1v) is 8.75. The van der Waals surface area contributed by atoms with Crippen molar-refractivity contribution in [3.05, 3.63) is 58.4 Å². The van der Waals surface area contributed by atoms with Gasteiger partial charge in [0.15, 0.2) is 11.6 Å². The Morgan fingerprint density at radius 1 is 1.27 bits per heavy atom. The van der Waals surface area contributed by atoms with Crippen molar-refractivity contribution >= 4 is 28.1 Å². The monoisotopic (exact) mass is 341 g/mol. The molecule has 0 fully saturated rings. The van der Waals surface area contributed by atoms with Crippen LogP contribution in [-0.4, -0.2) is 17.6 Å². The van der Waals surface area contributed by atoms with Gasteiger partial charge in [-0.1, -0.05) is 17.7 Å². The third-order valence-electron chi connectivity index (χ3n) is 3.12. The van der Waals surface area contributed by atoms with Crippen molar-refractivity contribution in [3.63, 3.8) is 0 Å². The smallest absolute Gasteiger partial charge is 0.165 e.